The first-order chi connectivity index (χ1) is 7.26. The van der Waals surface area contributed by atoms with Gasteiger partial charge in [0.15, 0.2) is 0 Å². The average molecular weight is 226 g/mol. The van der Waals surface area contributed by atoms with Crippen LogP contribution in [0.25, 0.3) is 0 Å². The normalized spacial score (nSPS) is 26.0. The van der Waals surface area contributed by atoms with E-state index in [1.807, 2.05) is 5.51 Å². The van der Waals surface area contributed by atoms with Gasteiger partial charge in [0.2, 0.25) is 0 Å². The predicted molar refractivity (Wildman–Crippen MR) is 62.2 cm³/mol. The molecule has 2 rings (SSSR count). The van der Waals surface area contributed by atoms with Gasteiger partial charge in [-0.1, -0.05) is 0 Å². The van der Waals surface area contributed by atoms with Gasteiger partial charge in [0.25, 0.3) is 0 Å². The largest absolute Gasteiger partial charge is 0.394 e. The zero-order valence-corrected chi connectivity index (χ0v) is 9.94. The first-order valence-corrected chi connectivity index (χ1v) is 6.39. The summed E-state index contributed by atoms with van der Waals surface area (Å²) in [7, 11) is 0. The van der Waals surface area contributed by atoms with Crippen LogP contribution in [0.4, 0.5) is 0 Å². The van der Waals surface area contributed by atoms with Crippen molar-refractivity contribution in [3.63, 3.8) is 0 Å². The van der Waals surface area contributed by atoms with Gasteiger partial charge >= 0.3 is 0 Å². The van der Waals surface area contributed by atoms with E-state index < -0.39 is 0 Å². The quantitative estimate of drug-likeness (QED) is 0.818. The monoisotopic (exact) mass is 226 g/mol. The molecule has 1 unspecified atom stereocenters. The van der Waals surface area contributed by atoms with E-state index in [9.17, 15) is 5.11 Å². The van der Waals surface area contributed by atoms with Crippen LogP contribution in [0, 0.1) is 6.92 Å². The van der Waals surface area contributed by atoms with Crippen molar-refractivity contribution in [3.05, 3.63) is 16.1 Å². The summed E-state index contributed by atoms with van der Waals surface area (Å²) in [4.78, 5) is 5.60. The van der Waals surface area contributed by atoms with Crippen molar-refractivity contribution in [2.45, 2.75) is 38.1 Å². The van der Waals surface area contributed by atoms with Crippen LogP contribution in [0.3, 0.4) is 0 Å². The Morgan fingerprint density at radius 3 is 3.07 bits per heavy atom. The van der Waals surface area contributed by atoms with Crippen LogP contribution in [0.15, 0.2) is 5.51 Å². The molecule has 1 aliphatic heterocycles. The summed E-state index contributed by atoms with van der Waals surface area (Å²) >= 11 is 1.72. The van der Waals surface area contributed by atoms with Crippen LogP contribution in [0.5, 0.6) is 0 Å². The molecule has 3 nitrogen and oxygen atoms in total. The highest BCUT2D eigenvalue weighted by atomic mass is 32.1. The first kappa shape index (κ1) is 11.0. The zero-order valence-electron chi connectivity index (χ0n) is 9.12. The molecule has 1 fully saturated rings. The van der Waals surface area contributed by atoms with Crippen LogP contribution < -0.4 is 5.32 Å². The molecule has 2 N–H and O–H groups in total. The number of aliphatic hydroxyl groups is 1. The zero-order chi connectivity index (χ0) is 10.7. The topological polar surface area (TPSA) is 45.2 Å². The lowest BCUT2D eigenvalue weighted by Crippen LogP contribution is -2.43. The fraction of sp³-hybridized carbons (Fsp3) is 0.727. The van der Waals surface area contributed by atoms with E-state index >= 15 is 0 Å². The molecule has 1 saturated heterocycles. The maximum Gasteiger partial charge on any atom is 0.0797 e. The molecule has 0 aromatic carbocycles. The maximum absolute atomic E-state index is 9.44. The van der Waals surface area contributed by atoms with Crippen molar-refractivity contribution in [2.75, 3.05) is 13.2 Å². The van der Waals surface area contributed by atoms with Crippen molar-refractivity contribution < 1.29 is 5.11 Å². The van der Waals surface area contributed by atoms with Crippen LogP contribution in [-0.2, 0) is 6.42 Å². The molecule has 0 bridgehead atoms. The van der Waals surface area contributed by atoms with Gasteiger partial charge in [-0.25, -0.2) is 4.98 Å². The highest BCUT2D eigenvalue weighted by Crippen LogP contribution is 2.26. The highest BCUT2D eigenvalue weighted by Gasteiger charge is 2.32. The second-order valence-corrected chi connectivity index (χ2v) is 5.27. The van der Waals surface area contributed by atoms with Gasteiger partial charge in [0.05, 0.1) is 17.8 Å². The van der Waals surface area contributed by atoms with E-state index in [2.05, 4.69) is 17.2 Å². The third kappa shape index (κ3) is 2.38. The van der Waals surface area contributed by atoms with E-state index in [4.69, 9.17) is 0 Å². The number of nitrogens with zero attached hydrogens (tertiary/aromatic N) is 1. The van der Waals surface area contributed by atoms with Crippen molar-refractivity contribution in [1.82, 2.24) is 10.3 Å². The highest BCUT2D eigenvalue weighted by molar-refractivity contribution is 7.09. The SMILES string of the molecule is Cc1ncsc1CCC1(CO)CCCN1. The fourth-order valence-electron chi connectivity index (χ4n) is 2.22. The Balaban J connectivity index is 1.94. The number of aliphatic hydroxyl groups excluding tert-OH is 1. The lowest BCUT2D eigenvalue weighted by molar-refractivity contribution is 0.169. The Bertz CT molecular complexity index is 318. The molecular weight excluding hydrogens is 208 g/mol. The summed E-state index contributed by atoms with van der Waals surface area (Å²) in [6.45, 7) is 3.35. The van der Waals surface area contributed by atoms with E-state index in [1.165, 1.54) is 11.3 Å². The molecule has 2 heterocycles. The summed E-state index contributed by atoms with van der Waals surface area (Å²) in [5.74, 6) is 0. The molecule has 0 spiro atoms. The number of hydrogen-bond donors (Lipinski definition) is 2. The second-order valence-electron chi connectivity index (χ2n) is 4.33. The summed E-state index contributed by atoms with van der Waals surface area (Å²) in [6.07, 6.45) is 4.33. The first-order valence-electron chi connectivity index (χ1n) is 5.51. The third-order valence-electron chi connectivity index (χ3n) is 3.31. The number of aromatic nitrogens is 1. The Morgan fingerprint density at radius 1 is 1.67 bits per heavy atom. The van der Waals surface area contributed by atoms with Crippen molar-refractivity contribution in [3.8, 4) is 0 Å². The van der Waals surface area contributed by atoms with Gasteiger partial charge < -0.3 is 10.4 Å². The molecule has 0 amide bonds. The van der Waals surface area contributed by atoms with Crippen LogP contribution in [0.1, 0.15) is 29.8 Å². The van der Waals surface area contributed by atoms with Gasteiger partial charge in [-0.05, 0) is 39.2 Å². The van der Waals surface area contributed by atoms with Crippen LogP contribution in [0.2, 0.25) is 0 Å². The van der Waals surface area contributed by atoms with Gasteiger partial charge in [0.1, 0.15) is 0 Å². The van der Waals surface area contributed by atoms with Crippen molar-refractivity contribution in [1.29, 1.82) is 0 Å². The minimum atomic E-state index is -0.0174. The van der Waals surface area contributed by atoms with Gasteiger partial charge in [-0.15, -0.1) is 11.3 Å². The molecule has 0 radical (unpaired) electrons. The Kier molecular flexibility index (Phi) is 3.38. The fourth-order valence-corrected chi connectivity index (χ4v) is 3.00. The number of rotatable bonds is 4. The molecule has 1 atom stereocenters. The van der Waals surface area contributed by atoms with Gasteiger partial charge in [0, 0.05) is 10.4 Å². The number of hydrogen-bond acceptors (Lipinski definition) is 4. The third-order valence-corrected chi connectivity index (χ3v) is 4.31. The minimum absolute atomic E-state index is 0.0174. The van der Waals surface area contributed by atoms with E-state index in [1.54, 1.807) is 11.3 Å². The molecule has 15 heavy (non-hydrogen) atoms. The van der Waals surface area contributed by atoms with E-state index in [0.717, 1.165) is 31.5 Å². The van der Waals surface area contributed by atoms with Gasteiger partial charge in [-0.3, -0.25) is 0 Å². The number of aryl methyl sites for hydroxylation is 2. The Labute approximate surface area is 94.5 Å². The molecule has 4 heteroatoms. The lowest BCUT2D eigenvalue weighted by atomic mass is 9.92. The summed E-state index contributed by atoms with van der Waals surface area (Å²) in [6, 6.07) is 0. The molecule has 84 valence electrons. The van der Waals surface area contributed by atoms with Gasteiger partial charge in [-0.2, -0.15) is 0 Å². The van der Waals surface area contributed by atoms with E-state index in [-0.39, 0.29) is 12.1 Å². The molecule has 1 aliphatic rings. The molecule has 0 aliphatic carbocycles. The standard InChI is InChI=1S/C11H18N2OS/c1-9-10(15-8-12-9)3-5-11(7-14)4-2-6-13-11/h8,13-14H,2-7H2,1H3. The summed E-state index contributed by atoms with van der Waals surface area (Å²) < 4.78 is 0. The minimum Gasteiger partial charge on any atom is -0.394 e. The van der Waals surface area contributed by atoms with E-state index in [0.29, 0.717) is 0 Å². The van der Waals surface area contributed by atoms with Crippen LogP contribution in [-0.4, -0.2) is 28.8 Å². The predicted octanol–water partition coefficient (Wildman–Crippen LogP) is 1.50. The summed E-state index contributed by atoms with van der Waals surface area (Å²) in [5, 5.41) is 12.9. The smallest absolute Gasteiger partial charge is 0.0797 e. The maximum atomic E-state index is 9.44. The van der Waals surface area contributed by atoms with Crippen molar-refractivity contribution in [2.24, 2.45) is 0 Å². The Hall–Kier alpha value is -0.450. The van der Waals surface area contributed by atoms with Crippen molar-refractivity contribution >= 4 is 11.3 Å². The Morgan fingerprint density at radius 2 is 2.53 bits per heavy atom. The number of nitrogens with one attached hydrogen (secondary N) is 1. The molecule has 1 aromatic rings. The molecule has 1 aromatic heterocycles. The lowest BCUT2D eigenvalue weighted by Gasteiger charge is -2.26. The molecule has 0 saturated carbocycles. The number of thiazole rings is 1. The average Bonchev–Trinajstić information content (AvgIpc) is 2.85. The van der Waals surface area contributed by atoms with Crippen LogP contribution >= 0.6 is 11.3 Å². The second kappa shape index (κ2) is 4.60. The molecular formula is C11H18N2OS. The summed E-state index contributed by atoms with van der Waals surface area (Å²) in [5.41, 5.74) is 3.03.